The quantitative estimate of drug-likeness (QED) is 0.629. The van der Waals surface area contributed by atoms with Crippen molar-refractivity contribution < 1.29 is 24.2 Å². The molecule has 9 heteroatoms. The van der Waals surface area contributed by atoms with Crippen molar-refractivity contribution in [2.75, 3.05) is 25.5 Å². The SMILES string of the molecule is CNC(=O)[C@@H]1[C@H]2C(=O)N(CCCO)C(C(=O)Nc3ccc(Cl)cc3)C23CC[C@H]1O3. The Balaban J connectivity index is 1.68. The lowest BCUT2D eigenvalue weighted by atomic mass is 9.70. The number of aliphatic hydroxyl groups is 1. The Bertz CT molecular complexity index is 832. The number of benzene rings is 1. The van der Waals surface area contributed by atoms with Gasteiger partial charge >= 0.3 is 0 Å². The fourth-order valence-electron chi connectivity index (χ4n) is 5.15. The van der Waals surface area contributed by atoms with Crippen molar-refractivity contribution in [2.24, 2.45) is 11.8 Å². The highest BCUT2D eigenvalue weighted by molar-refractivity contribution is 6.30. The number of carbonyl (C=O) groups excluding carboxylic acids is 3. The molecule has 156 valence electrons. The number of nitrogens with one attached hydrogen (secondary N) is 2. The van der Waals surface area contributed by atoms with E-state index < -0.39 is 23.5 Å². The highest BCUT2D eigenvalue weighted by Gasteiger charge is 2.74. The second-order valence-electron chi connectivity index (χ2n) is 7.78. The smallest absolute Gasteiger partial charge is 0.250 e. The Kier molecular flexibility index (Phi) is 5.27. The topological polar surface area (TPSA) is 108 Å². The van der Waals surface area contributed by atoms with Gasteiger partial charge in [0.05, 0.1) is 17.9 Å². The van der Waals surface area contributed by atoms with Gasteiger partial charge in [0.25, 0.3) is 0 Å². The second kappa shape index (κ2) is 7.59. The number of halogens is 1. The van der Waals surface area contributed by atoms with E-state index in [1.54, 1.807) is 24.3 Å². The maximum absolute atomic E-state index is 13.3. The van der Waals surface area contributed by atoms with E-state index in [-0.39, 0.29) is 37.0 Å². The summed E-state index contributed by atoms with van der Waals surface area (Å²) in [7, 11) is 1.54. The van der Waals surface area contributed by atoms with Crippen LogP contribution in [0.15, 0.2) is 24.3 Å². The van der Waals surface area contributed by atoms with E-state index in [1.165, 1.54) is 11.9 Å². The van der Waals surface area contributed by atoms with Crippen molar-refractivity contribution >= 4 is 35.0 Å². The minimum Gasteiger partial charge on any atom is -0.396 e. The Labute approximate surface area is 173 Å². The Morgan fingerprint density at radius 3 is 2.69 bits per heavy atom. The molecule has 5 atom stereocenters. The summed E-state index contributed by atoms with van der Waals surface area (Å²) >= 11 is 5.91. The van der Waals surface area contributed by atoms with Crippen LogP contribution in [-0.4, -0.2) is 65.7 Å². The number of carbonyl (C=O) groups is 3. The first kappa shape index (κ1) is 20.1. The average molecular weight is 422 g/mol. The van der Waals surface area contributed by atoms with Crippen LogP contribution < -0.4 is 10.6 Å². The van der Waals surface area contributed by atoms with Crippen molar-refractivity contribution in [1.82, 2.24) is 10.2 Å². The van der Waals surface area contributed by atoms with Gasteiger partial charge in [-0.15, -0.1) is 0 Å². The highest BCUT2D eigenvalue weighted by atomic mass is 35.5. The summed E-state index contributed by atoms with van der Waals surface area (Å²) in [6.07, 6.45) is 1.14. The van der Waals surface area contributed by atoms with E-state index in [4.69, 9.17) is 16.3 Å². The van der Waals surface area contributed by atoms with Gasteiger partial charge in [0.15, 0.2) is 0 Å². The summed E-state index contributed by atoms with van der Waals surface area (Å²) in [5.74, 6) is -2.16. The minimum absolute atomic E-state index is 0.102. The molecule has 3 N–H and O–H groups in total. The Hall–Kier alpha value is -2.16. The van der Waals surface area contributed by atoms with E-state index in [9.17, 15) is 19.5 Å². The number of rotatable bonds is 6. The van der Waals surface area contributed by atoms with Crippen molar-refractivity contribution in [1.29, 1.82) is 0 Å². The molecule has 3 aliphatic heterocycles. The number of fused-ring (bicyclic) bond motifs is 1. The van der Waals surface area contributed by atoms with Crippen LogP contribution in [0.4, 0.5) is 5.69 Å². The molecule has 0 aliphatic carbocycles. The van der Waals surface area contributed by atoms with E-state index in [0.29, 0.717) is 30.0 Å². The molecule has 0 aromatic heterocycles. The summed E-state index contributed by atoms with van der Waals surface area (Å²) in [5, 5.41) is 15.3. The number of hydrogen-bond acceptors (Lipinski definition) is 5. The van der Waals surface area contributed by atoms with Crippen molar-refractivity contribution in [3.63, 3.8) is 0 Å². The second-order valence-corrected chi connectivity index (χ2v) is 8.21. The van der Waals surface area contributed by atoms with Gasteiger partial charge in [0.1, 0.15) is 11.6 Å². The molecular weight excluding hydrogens is 398 g/mol. The van der Waals surface area contributed by atoms with Gasteiger partial charge in [-0.3, -0.25) is 14.4 Å². The van der Waals surface area contributed by atoms with E-state index in [2.05, 4.69) is 10.6 Å². The van der Waals surface area contributed by atoms with Gasteiger partial charge in [-0.25, -0.2) is 0 Å². The molecule has 3 saturated heterocycles. The lowest BCUT2D eigenvalue weighted by Gasteiger charge is -2.33. The maximum Gasteiger partial charge on any atom is 0.250 e. The molecule has 3 heterocycles. The van der Waals surface area contributed by atoms with Crippen LogP contribution in [-0.2, 0) is 19.1 Å². The van der Waals surface area contributed by atoms with Gasteiger partial charge in [-0.05, 0) is 43.5 Å². The number of anilines is 1. The molecule has 3 aliphatic rings. The third-order valence-corrected chi connectivity index (χ3v) is 6.52. The number of amides is 3. The Morgan fingerprint density at radius 1 is 1.31 bits per heavy atom. The minimum atomic E-state index is -1.02. The Morgan fingerprint density at radius 2 is 2.03 bits per heavy atom. The zero-order valence-electron chi connectivity index (χ0n) is 16.1. The fourth-order valence-corrected chi connectivity index (χ4v) is 5.27. The number of aliphatic hydroxyl groups excluding tert-OH is 1. The van der Waals surface area contributed by atoms with Crippen molar-refractivity contribution in [2.45, 2.75) is 37.0 Å². The van der Waals surface area contributed by atoms with Crippen LogP contribution in [0.5, 0.6) is 0 Å². The standard InChI is InChI=1S/C20H24ClN3O5/c1-22-17(26)14-13-7-8-20(29-13)15(14)19(28)24(9-2-10-25)16(20)18(27)23-12-5-3-11(21)4-6-12/h3-6,13-16,25H,2,7-10H2,1H3,(H,22,26)(H,23,27)/t13-,14+,15+,16?,20?/m1/s1. The maximum atomic E-state index is 13.3. The summed E-state index contributed by atoms with van der Waals surface area (Å²) < 4.78 is 6.22. The normalized spacial score (nSPS) is 32.4. The predicted octanol–water partition coefficient (Wildman–Crippen LogP) is 0.781. The number of ether oxygens (including phenoxy) is 1. The van der Waals surface area contributed by atoms with Crippen molar-refractivity contribution in [3.8, 4) is 0 Å². The lowest BCUT2D eigenvalue weighted by molar-refractivity contribution is -0.140. The summed E-state index contributed by atoms with van der Waals surface area (Å²) in [5.41, 5.74) is -0.463. The summed E-state index contributed by atoms with van der Waals surface area (Å²) in [6.45, 7) is 0.121. The van der Waals surface area contributed by atoms with Gasteiger partial charge in [0.2, 0.25) is 17.7 Å². The van der Waals surface area contributed by atoms with E-state index in [1.807, 2.05) is 0 Å². The molecule has 2 unspecified atom stereocenters. The fraction of sp³-hybridized carbons (Fsp3) is 0.550. The molecular formula is C20H24ClN3O5. The molecule has 3 amide bonds. The van der Waals surface area contributed by atoms with Crippen LogP contribution in [0.25, 0.3) is 0 Å². The van der Waals surface area contributed by atoms with Gasteiger partial charge in [0, 0.05) is 30.9 Å². The van der Waals surface area contributed by atoms with Crippen LogP contribution >= 0.6 is 11.6 Å². The molecule has 0 radical (unpaired) electrons. The third kappa shape index (κ3) is 3.10. The molecule has 1 spiro atoms. The summed E-state index contributed by atoms with van der Waals surface area (Å²) in [6, 6.07) is 5.85. The van der Waals surface area contributed by atoms with Crippen LogP contribution in [0.3, 0.4) is 0 Å². The first-order chi connectivity index (χ1) is 13.9. The molecule has 3 fully saturated rings. The molecule has 0 saturated carbocycles. The number of likely N-dealkylation sites (tertiary alicyclic amines) is 1. The largest absolute Gasteiger partial charge is 0.396 e. The van der Waals surface area contributed by atoms with Crippen LogP contribution in [0.1, 0.15) is 19.3 Å². The molecule has 1 aromatic rings. The first-order valence-corrected chi connectivity index (χ1v) is 10.2. The van der Waals surface area contributed by atoms with Crippen LogP contribution in [0.2, 0.25) is 5.02 Å². The molecule has 8 nitrogen and oxygen atoms in total. The molecule has 29 heavy (non-hydrogen) atoms. The predicted molar refractivity (Wildman–Crippen MR) is 105 cm³/mol. The zero-order chi connectivity index (χ0) is 20.8. The van der Waals surface area contributed by atoms with Gasteiger partial charge < -0.3 is 25.4 Å². The highest BCUT2D eigenvalue weighted by Crippen LogP contribution is 2.58. The van der Waals surface area contributed by atoms with E-state index in [0.717, 1.165) is 0 Å². The van der Waals surface area contributed by atoms with Crippen LogP contribution in [0, 0.1) is 11.8 Å². The molecule has 2 bridgehead atoms. The lowest BCUT2D eigenvalue weighted by Crippen LogP contribution is -2.53. The first-order valence-electron chi connectivity index (χ1n) is 9.80. The van der Waals surface area contributed by atoms with Gasteiger partial charge in [-0.2, -0.15) is 0 Å². The average Bonchev–Trinajstić information content (AvgIpc) is 3.35. The molecule has 4 rings (SSSR count). The zero-order valence-corrected chi connectivity index (χ0v) is 16.8. The monoisotopic (exact) mass is 421 g/mol. The number of hydrogen-bond donors (Lipinski definition) is 3. The van der Waals surface area contributed by atoms with Crippen molar-refractivity contribution in [3.05, 3.63) is 29.3 Å². The van der Waals surface area contributed by atoms with Gasteiger partial charge in [-0.1, -0.05) is 11.6 Å². The third-order valence-electron chi connectivity index (χ3n) is 6.27. The number of nitrogens with zero attached hydrogens (tertiary/aromatic N) is 1. The summed E-state index contributed by atoms with van der Waals surface area (Å²) in [4.78, 5) is 40.6. The van der Waals surface area contributed by atoms with E-state index >= 15 is 0 Å². The molecule has 1 aromatic carbocycles.